The van der Waals surface area contributed by atoms with Crippen LogP contribution in [0.4, 0.5) is 39.5 Å². The molecule has 0 saturated heterocycles. The van der Waals surface area contributed by atoms with Crippen LogP contribution >= 0.6 is 10.3 Å². The summed E-state index contributed by atoms with van der Waals surface area (Å²) in [4.78, 5) is 10.8. The molecule has 0 aromatic heterocycles. The number of carbonyl (C=O) groups is 1. The highest BCUT2D eigenvalue weighted by Gasteiger charge is 2.86. The molecule has 0 aliphatic carbocycles. The first-order valence-corrected chi connectivity index (χ1v) is 11.3. The molecule has 1 rings (SSSR count). The molecule has 1 aromatic carbocycles. The van der Waals surface area contributed by atoms with Gasteiger partial charge in [-0.15, -0.1) is 0 Å². The van der Waals surface area contributed by atoms with E-state index in [1.54, 1.807) is 0 Å². The van der Waals surface area contributed by atoms with Gasteiger partial charge in [0.05, 0.1) is 0 Å². The molecule has 0 N–H and O–H groups in total. The number of benzene rings is 1. The van der Waals surface area contributed by atoms with E-state index in [0.29, 0.717) is 0 Å². The molecule has 0 bridgehead atoms. The fraction of sp³-hybridized carbons (Fsp3) is 0.400. The molecule has 0 heterocycles. The highest BCUT2D eigenvalue weighted by atomic mass is 32.3. The average molecular weight is 508 g/mol. The molecule has 31 heavy (non-hydrogen) atoms. The zero-order valence-corrected chi connectivity index (χ0v) is 17.0. The van der Waals surface area contributed by atoms with E-state index in [-0.39, 0.29) is 10.6 Å². The lowest BCUT2D eigenvalue weighted by Gasteiger charge is -2.36. The largest absolute Gasteiger partial charge is 0.460 e. The minimum Gasteiger partial charge on any atom is -0.423 e. The number of esters is 1. The van der Waals surface area contributed by atoms with E-state index in [1.165, 1.54) is 0 Å². The maximum absolute atomic E-state index is 13.8. The summed E-state index contributed by atoms with van der Waals surface area (Å²) in [6.07, 6.45) is -4.77. The minimum absolute atomic E-state index is 0.131. The number of hydrogen-bond acceptors (Lipinski definition) is 5. The molecule has 0 amide bonds. The maximum Gasteiger partial charge on any atom is 0.460 e. The van der Waals surface area contributed by atoms with Gasteiger partial charge in [-0.3, -0.25) is 0 Å². The minimum atomic E-state index is -7.39. The van der Waals surface area contributed by atoms with E-state index in [0.717, 1.165) is 42.9 Å². The molecular formula is C15H13F9O5S2. The molecule has 0 atom stereocenters. The number of ether oxygens (including phenoxy) is 1. The van der Waals surface area contributed by atoms with Gasteiger partial charge in [0, 0.05) is 11.0 Å². The second-order valence-electron chi connectivity index (χ2n) is 6.02. The fourth-order valence-corrected chi connectivity index (χ4v) is 5.50. The number of hydrogen-bond donors (Lipinski definition) is 0. The van der Waals surface area contributed by atoms with Gasteiger partial charge in [0.15, 0.2) is 0 Å². The molecule has 0 unspecified atom stereocenters. The Morgan fingerprint density at radius 1 is 0.903 bits per heavy atom. The van der Waals surface area contributed by atoms with Crippen LogP contribution < -0.4 is 4.74 Å². The summed E-state index contributed by atoms with van der Waals surface area (Å²) in [5.74, 6) is -15.8. The van der Waals surface area contributed by atoms with E-state index >= 15 is 0 Å². The molecule has 0 aliphatic heterocycles. The van der Waals surface area contributed by atoms with Crippen molar-refractivity contribution in [2.75, 3.05) is 12.5 Å². The van der Waals surface area contributed by atoms with Crippen LogP contribution in [0.1, 0.15) is 0 Å². The van der Waals surface area contributed by atoms with Gasteiger partial charge in [0.25, 0.3) is 0 Å². The summed E-state index contributed by atoms with van der Waals surface area (Å²) in [5, 5.41) is -6.96. The smallest absolute Gasteiger partial charge is 0.423 e. The van der Waals surface area contributed by atoms with Crippen LogP contribution in [0.25, 0.3) is 0 Å². The van der Waals surface area contributed by atoms with Crippen molar-refractivity contribution in [3.05, 3.63) is 36.9 Å². The first-order chi connectivity index (χ1) is 13.6. The molecule has 178 valence electrons. The molecule has 0 saturated carbocycles. The summed E-state index contributed by atoms with van der Waals surface area (Å²) < 4.78 is 149. The summed E-state index contributed by atoms with van der Waals surface area (Å²) in [6.45, 7) is 3.12. The maximum atomic E-state index is 13.8. The van der Waals surface area contributed by atoms with Gasteiger partial charge in [-0.1, -0.05) is 16.9 Å². The van der Waals surface area contributed by atoms with Gasteiger partial charge in [0.2, 0.25) is 0 Å². The highest BCUT2D eigenvalue weighted by molar-refractivity contribution is 8.32. The first kappa shape index (κ1) is 27.1. The van der Waals surface area contributed by atoms with Crippen LogP contribution in [-0.4, -0.2) is 50.2 Å². The Morgan fingerprint density at radius 3 is 1.74 bits per heavy atom. The lowest BCUT2D eigenvalue weighted by atomic mass is 10.1. The number of carbonyl (C=O) groups excluding carboxylic acids is 1. The average Bonchev–Trinajstić information content (AvgIpc) is 2.59. The van der Waals surface area contributed by atoms with Crippen molar-refractivity contribution < 1.29 is 61.1 Å². The predicted molar refractivity (Wildman–Crippen MR) is 90.9 cm³/mol. The van der Waals surface area contributed by atoms with Crippen molar-refractivity contribution in [1.82, 2.24) is 0 Å². The number of alkyl halides is 9. The Bertz CT molecular complexity index is 939. The standard InChI is InChI=1S/C15H13F9O5S2/c1-4-11(25)28-9-5-7-10(8-6-9)30(2,3)29-31(26,27)15(23,24)13(18,19)12(16,17)14(20,21)22/h4-8H,1H2,2-3H3. The molecule has 1 aromatic rings. The Morgan fingerprint density at radius 2 is 1.35 bits per heavy atom. The zero-order valence-electron chi connectivity index (χ0n) is 15.4. The van der Waals surface area contributed by atoms with Crippen LogP contribution in [0, 0.1) is 0 Å². The van der Waals surface area contributed by atoms with Crippen LogP contribution in [0.3, 0.4) is 0 Å². The second kappa shape index (κ2) is 8.20. The predicted octanol–water partition coefficient (Wildman–Crippen LogP) is 4.89. The molecular weight excluding hydrogens is 495 g/mol. The van der Waals surface area contributed by atoms with E-state index in [1.807, 2.05) is 0 Å². The summed E-state index contributed by atoms with van der Waals surface area (Å²) in [6, 6.07) is 3.98. The van der Waals surface area contributed by atoms with E-state index in [9.17, 15) is 52.7 Å². The Kier molecular flexibility index (Phi) is 7.17. The van der Waals surface area contributed by atoms with E-state index in [4.69, 9.17) is 0 Å². The van der Waals surface area contributed by atoms with Crippen molar-refractivity contribution in [3.8, 4) is 5.75 Å². The number of rotatable bonds is 8. The SMILES string of the molecule is C=CC(=O)Oc1ccc(S(C)(C)OS(=O)(=O)C(F)(F)C(F)(F)C(F)(F)C(F)(F)F)cc1. The molecule has 0 fully saturated rings. The normalized spacial score (nSPS) is 14.8. The fourth-order valence-electron chi connectivity index (χ4n) is 1.82. The van der Waals surface area contributed by atoms with Crippen LogP contribution in [-0.2, 0) is 18.5 Å². The third-order valence-electron chi connectivity index (χ3n) is 3.47. The Labute approximate surface area is 171 Å². The van der Waals surface area contributed by atoms with Gasteiger partial charge < -0.3 is 4.74 Å². The first-order valence-electron chi connectivity index (χ1n) is 7.47. The summed E-state index contributed by atoms with van der Waals surface area (Å²) >= 11 is 0. The molecule has 5 nitrogen and oxygen atoms in total. The van der Waals surface area contributed by atoms with E-state index in [2.05, 4.69) is 14.9 Å². The Balaban J connectivity index is 3.29. The molecule has 16 heteroatoms. The third-order valence-corrected chi connectivity index (χ3v) is 7.84. The van der Waals surface area contributed by atoms with Crippen molar-refractivity contribution in [2.45, 2.75) is 28.2 Å². The van der Waals surface area contributed by atoms with Crippen LogP contribution in [0.2, 0.25) is 0 Å². The van der Waals surface area contributed by atoms with Gasteiger partial charge >= 0.3 is 39.4 Å². The van der Waals surface area contributed by atoms with Gasteiger partial charge in [-0.2, -0.15) is 47.9 Å². The van der Waals surface area contributed by atoms with Crippen molar-refractivity contribution in [3.63, 3.8) is 0 Å². The van der Waals surface area contributed by atoms with Gasteiger partial charge in [-0.05, 0) is 36.8 Å². The topological polar surface area (TPSA) is 69.7 Å². The lowest BCUT2D eigenvalue weighted by molar-refractivity contribution is -0.382. The van der Waals surface area contributed by atoms with Gasteiger partial charge in [0.1, 0.15) is 5.75 Å². The third kappa shape index (κ3) is 4.95. The van der Waals surface area contributed by atoms with Crippen molar-refractivity contribution >= 4 is 26.4 Å². The highest BCUT2D eigenvalue weighted by Crippen LogP contribution is 2.59. The quantitative estimate of drug-likeness (QED) is 0.217. The molecule has 0 aliphatic rings. The monoisotopic (exact) mass is 508 g/mol. The van der Waals surface area contributed by atoms with E-state index < -0.39 is 49.7 Å². The summed E-state index contributed by atoms with van der Waals surface area (Å²) in [5.41, 5.74) is 0. The van der Waals surface area contributed by atoms with Crippen LogP contribution in [0.5, 0.6) is 5.75 Å². The van der Waals surface area contributed by atoms with Crippen LogP contribution in [0.15, 0.2) is 41.8 Å². The number of halogens is 9. The zero-order chi connectivity index (χ0) is 24.7. The van der Waals surface area contributed by atoms with Crippen molar-refractivity contribution in [2.24, 2.45) is 0 Å². The second-order valence-corrected chi connectivity index (χ2v) is 10.9. The Hall–Kier alpha value is -1.94. The summed E-state index contributed by atoms with van der Waals surface area (Å²) in [7, 11) is -10.5. The molecule has 0 radical (unpaired) electrons. The van der Waals surface area contributed by atoms with Gasteiger partial charge in [-0.25, -0.2) is 8.42 Å². The molecule has 0 spiro atoms. The lowest BCUT2D eigenvalue weighted by Crippen LogP contribution is -2.63. The van der Waals surface area contributed by atoms with Crippen molar-refractivity contribution in [1.29, 1.82) is 0 Å².